The lowest BCUT2D eigenvalue weighted by atomic mass is 10.1. The minimum atomic E-state index is -0.402. The quantitative estimate of drug-likeness (QED) is 0.512. The van der Waals surface area contributed by atoms with Gasteiger partial charge < -0.3 is 19.4 Å². The normalized spacial score (nSPS) is 13.3. The lowest BCUT2D eigenvalue weighted by Gasteiger charge is -2.22. The number of amides is 1. The fourth-order valence-corrected chi connectivity index (χ4v) is 3.58. The number of hydrogen-bond donors (Lipinski definition) is 2. The van der Waals surface area contributed by atoms with Crippen molar-refractivity contribution in [1.29, 1.82) is 0 Å². The summed E-state index contributed by atoms with van der Waals surface area (Å²) in [7, 11) is 3.44. The average Bonchev–Trinajstić information content (AvgIpc) is 3.11. The Morgan fingerprint density at radius 3 is 2.60 bits per heavy atom. The van der Waals surface area contributed by atoms with Crippen molar-refractivity contribution in [1.82, 2.24) is 0 Å². The molecule has 2 atom stereocenters. The van der Waals surface area contributed by atoms with Crippen LogP contribution in [0.25, 0.3) is 21.9 Å². The molecular weight excluding hydrogens is 383 g/mol. The Morgan fingerprint density at radius 1 is 1.10 bits per heavy atom. The standard InChI is InChI=1S/C24H23FN2O3/c1-15(27(2)14-16-8-4-6-10-19(16)25)24(28)26-20-13-22-18(12-23(20)29-3)17-9-5-7-11-21(17)30-22/h4-13,15H,14H2,1-3H3,(H,26,28)/p+1/t15-/m0/s1. The summed E-state index contributed by atoms with van der Waals surface area (Å²) >= 11 is 0. The molecule has 154 valence electrons. The Morgan fingerprint density at radius 2 is 1.83 bits per heavy atom. The van der Waals surface area contributed by atoms with Crippen LogP contribution in [0.5, 0.6) is 5.75 Å². The zero-order valence-electron chi connectivity index (χ0n) is 17.2. The zero-order valence-corrected chi connectivity index (χ0v) is 17.2. The van der Waals surface area contributed by atoms with Crippen molar-refractivity contribution in [2.75, 3.05) is 19.5 Å². The number of methoxy groups -OCH3 is 1. The topological polar surface area (TPSA) is 55.9 Å². The molecule has 0 aliphatic rings. The molecule has 0 saturated heterocycles. The van der Waals surface area contributed by atoms with Crippen molar-refractivity contribution >= 4 is 33.5 Å². The lowest BCUT2D eigenvalue weighted by Crippen LogP contribution is -3.12. The molecule has 0 aliphatic carbocycles. The fraction of sp³-hybridized carbons (Fsp3) is 0.208. The van der Waals surface area contributed by atoms with E-state index in [-0.39, 0.29) is 11.7 Å². The highest BCUT2D eigenvalue weighted by Crippen LogP contribution is 2.36. The highest BCUT2D eigenvalue weighted by Gasteiger charge is 2.24. The third-order valence-electron chi connectivity index (χ3n) is 5.52. The number of nitrogens with one attached hydrogen (secondary N) is 2. The molecule has 2 N–H and O–H groups in total. The first-order valence-corrected chi connectivity index (χ1v) is 9.83. The van der Waals surface area contributed by atoms with E-state index in [9.17, 15) is 9.18 Å². The van der Waals surface area contributed by atoms with Gasteiger partial charge in [-0.3, -0.25) is 4.79 Å². The van der Waals surface area contributed by atoms with E-state index < -0.39 is 6.04 Å². The molecule has 3 aromatic carbocycles. The third kappa shape index (κ3) is 3.74. The van der Waals surface area contributed by atoms with Crippen LogP contribution in [-0.2, 0) is 11.3 Å². The molecule has 1 amide bonds. The molecule has 0 fully saturated rings. The van der Waals surface area contributed by atoms with Gasteiger partial charge in [-0.1, -0.05) is 36.4 Å². The van der Waals surface area contributed by atoms with Gasteiger partial charge >= 0.3 is 0 Å². The summed E-state index contributed by atoms with van der Waals surface area (Å²) in [6, 6.07) is 17.6. The number of furan rings is 1. The number of rotatable bonds is 6. The number of halogens is 1. The monoisotopic (exact) mass is 407 g/mol. The molecule has 30 heavy (non-hydrogen) atoms. The summed E-state index contributed by atoms with van der Waals surface area (Å²) in [4.78, 5) is 13.8. The number of benzene rings is 3. The second-order valence-corrected chi connectivity index (χ2v) is 7.47. The number of quaternary nitrogens is 1. The van der Waals surface area contributed by atoms with E-state index in [0.717, 1.165) is 21.3 Å². The van der Waals surface area contributed by atoms with Crippen LogP contribution in [0, 0.1) is 5.82 Å². The summed E-state index contributed by atoms with van der Waals surface area (Å²) in [5.74, 6) is 0.112. The van der Waals surface area contributed by atoms with Gasteiger partial charge in [-0.15, -0.1) is 0 Å². The highest BCUT2D eigenvalue weighted by atomic mass is 19.1. The molecule has 0 bridgehead atoms. The van der Waals surface area contributed by atoms with Crippen LogP contribution in [0.3, 0.4) is 0 Å². The fourth-order valence-electron chi connectivity index (χ4n) is 3.58. The maximum absolute atomic E-state index is 14.0. The van der Waals surface area contributed by atoms with Crippen molar-refractivity contribution < 1.29 is 23.2 Å². The smallest absolute Gasteiger partial charge is 0.282 e. The van der Waals surface area contributed by atoms with Gasteiger partial charge in [-0.2, -0.15) is 0 Å². The van der Waals surface area contributed by atoms with Gasteiger partial charge in [0.15, 0.2) is 6.04 Å². The van der Waals surface area contributed by atoms with Crippen LogP contribution < -0.4 is 15.0 Å². The van der Waals surface area contributed by atoms with Gasteiger partial charge in [0.1, 0.15) is 29.3 Å². The van der Waals surface area contributed by atoms with E-state index >= 15 is 0 Å². The van der Waals surface area contributed by atoms with Crippen molar-refractivity contribution in [3.05, 3.63) is 72.0 Å². The molecule has 4 aromatic rings. The van der Waals surface area contributed by atoms with E-state index in [2.05, 4.69) is 5.32 Å². The van der Waals surface area contributed by atoms with Crippen LogP contribution in [0.4, 0.5) is 10.1 Å². The minimum absolute atomic E-state index is 0.183. The number of para-hydroxylation sites is 1. The van der Waals surface area contributed by atoms with E-state index in [0.29, 0.717) is 29.1 Å². The molecule has 4 rings (SSSR count). The number of fused-ring (bicyclic) bond motifs is 3. The highest BCUT2D eigenvalue weighted by molar-refractivity contribution is 6.08. The molecule has 6 heteroatoms. The summed E-state index contributed by atoms with van der Waals surface area (Å²) in [5, 5.41) is 4.86. The van der Waals surface area contributed by atoms with Crippen LogP contribution in [0.1, 0.15) is 12.5 Å². The molecular formula is C24H24FN2O3+. The molecule has 5 nitrogen and oxygen atoms in total. The summed E-state index contributed by atoms with van der Waals surface area (Å²) in [6.07, 6.45) is 0. The van der Waals surface area contributed by atoms with Gasteiger partial charge in [-0.05, 0) is 25.1 Å². The molecule has 1 aromatic heterocycles. The first-order valence-electron chi connectivity index (χ1n) is 9.83. The Kier molecular flexibility index (Phi) is 5.42. The van der Waals surface area contributed by atoms with Gasteiger partial charge in [0.2, 0.25) is 0 Å². The number of anilines is 1. The summed E-state index contributed by atoms with van der Waals surface area (Å²) < 4.78 is 25.4. The first-order chi connectivity index (χ1) is 14.5. The first kappa shape index (κ1) is 19.9. The number of carbonyl (C=O) groups excluding carboxylic acids is 1. The molecule has 0 aliphatic heterocycles. The second-order valence-electron chi connectivity index (χ2n) is 7.47. The molecule has 0 spiro atoms. The largest absolute Gasteiger partial charge is 0.495 e. The van der Waals surface area contributed by atoms with Crippen LogP contribution in [0.15, 0.2) is 65.1 Å². The SMILES string of the molecule is COc1cc2c(cc1NC(=O)[C@H](C)[NH+](C)Cc1ccccc1F)oc1ccccc12. The predicted octanol–water partition coefficient (Wildman–Crippen LogP) is 3.78. The molecule has 0 radical (unpaired) electrons. The predicted molar refractivity (Wildman–Crippen MR) is 115 cm³/mol. The van der Waals surface area contributed by atoms with Gasteiger partial charge in [-0.25, -0.2) is 4.39 Å². The minimum Gasteiger partial charge on any atom is -0.495 e. The van der Waals surface area contributed by atoms with Gasteiger partial charge in [0.25, 0.3) is 5.91 Å². The van der Waals surface area contributed by atoms with Crippen molar-refractivity contribution in [2.24, 2.45) is 0 Å². The Bertz CT molecular complexity index is 1220. The van der Waals surface area contributed by atoms with E-state index in [4.69, 9.17) is 9.15 Å². The van der Waals surface area contributed by atoms with Crippen LogP contribution in [0.2, 0.25) is 0 Å². The van der Waals surface area contributed by atoms with Crippen molar-refractivity contribution in [3.63, 3.8) is 0 Å². The lowest BCUT2D eigenvalue weighted by molar-refractivity contribution is -0.908. The molecule has 0 saturated carbocycles. The van der Waals surface area contributed by atoms with E-state index in [1.807, 2.05) is 44.3 Å². The van der Waals surface area contributed by atoms with Crippen LogP contribution in [-0.4, -0.2) is 26.1 Å². The van der Waals surface area contributed by atoms with Gasteiger partial charge in [0, 0.05) is 22.4 Å². The Hall–Kier alpha value is -3.38. The van der Waals surface area contributed by atoms with Crippen molar-refractivity contribution in [2.45, 2.75) is 19.5 Å². The number of likely N-dealkylation sites (N-methyl/N-ethyl adjacent to an activating group) is 1. The zero-order chi connectivity index (χ0) is 21.3. The second kappa shape index (κ2) is 8.16. The Labute approximate surface area is 174 Å². The maximum Gasteiger partial charge on any atom is 0.282 e. The maximum atomic E-state index is 14.0. The van der Waals surface area contributed by atoms with Crippen molar-refractivity contribution in [3.8, 4) is 5.75 Å². The Balaban J connectivity index is 1.57. The number of ether oxygens (including phenoxy) is 1. The molecule has 1 unspecified atom stereocenters. The van der Waals surface area contributed by atoms with E-state index in [1.54, 1.807) is 31.4 Å². The summed E-state index contributed by atoms with van der Waals surface area (Å²) in [6.45, 7) is 2.22. The summed E-state index contributed by atoms with van der Waals surface area (Å²) in [5.41, 5.74) is 2.57. The average molecular weight is 407 g/mol. The van der Waals surface area contributed by atoms with Gasteiger partial charge in [0.05, 0.1) is 19.8 Å². The van der Waals surface area contributed by atoms with Crippen LogP contribution >= 0.6 is 0 Å². The molecule has 1 heterocycles. The van der Waals surface area contributed by atoms with E-state index in [1.165, 1.54) is 6.07 Å². The number of hydrogen-bond acceptors (Lipinski definition) is 3. The number of carbonyl (C=O) groups is 1. The third-order valence-corrected chi connectivity index (χ3v) is 5.52.